The highest BCUT2D eigenvalue weighted by Crippen LogP contribution is 2.22. The summed E-state index contributed by atoms with van der Waals surface area (Å²) in [4.78, 5) is 0. The molecule has 1 aromatic heterocycles. The van der Waals surface area contributed by atoms with E-state index >= 15 is 0 Å². The topological polar surface area (TPSA) is 39.1 Å². The van der Waals surface area contributed by atoms with Crippen molar-refractivity contribution in [1.29, 1.82) is 0 Å². The van der Waals surface area contributed by atoms with Crippen molar-refractivity contribution in [3.8, 4) is 5.69 Å². The van der Waals surface area contributed by atoms with E-state index in [0.29, 0.717) is 12.1 Å². The molecule has 0 saturated carbocycles. The van der Waals surface area contributed by atoms with Crippen LogP contribution in [0.2, 0.25) is 0 Å². The highest BCUT2D eigenvalue weighted by molar-refractivity contribution is 5.51. The zero-order chi connectivity index (χ0) is 14.5. The van der Waals surface area contributed by atoms with Gasteiger partial charge in [0.05, 0.1) is 11.8 Å². The van der Waals surface area contributed by atoms with Crippen molar-refractivity contribution in [2.75, 3.05) is 11.9 Å². The maximum atomic E-state index is 5.81. The smallest absolute Gasteiger partial charge is 0.0666 e. The Morgan fingerprint density at radius 1 is 1.38 bits per heavy atom. The molecular formula is C17H23N3O. The Hall–Kier alpha value is -1.81. The maximum absolute atomic E-state index is 5.81. The molecule has 4 nitrogen and oxygen atoms in total. The van der Waals surface area contributed by atoms with E-state index in [0.717, 1.165) is 37.2 Å². The van der Waals surface area contributed by atoms with Crippen LogP contribution >= 0.6 is 0 Å². The summed E-state index contributed by atoms with van der Waals surface area (Å²) < 4.78 is 7.70. The number of benzene rings is 1. The lowest BCUT2D eigenvalue weighted by atomic mass is 10.00. The molecular weight excluding hydrogens is 262 g/mol. The molecule has 1 aromatic carbocycles. The molecule has 2 unspecified atom stereocenters. The number of hydrogen-bond donors (Lipinski definition) is 1. The van der Waals surface area contributed by atoms with Gasteiger partial charge in [-0.2, -0.15) is 5.10 Å². The normalized spacial score (nSPS) is 22.1. The van der Waals surface area contributed by atoms with E-state index in [9.17, 15) is 0 Å². The van der Waals surface area contributed by atoms with Gasteiger partial charge in [0, 0.05) is 30.7 Å². The van der Waals surface area contributed by atoms with Crippen LogP contribution in [0.3, 0.4) is 0 Å². The highest BCUT2D eigenvalue weighted by atomic mass is 16.5. The minimum Gasteiger partial charge on any atom is -0.382 e. The summed E-state index contributed by atoms with van der Waals surface area (Å²) in [6, 6.07) is 10.9. The van der Waals surface area contributed by atoms with Crippen LogP contribution in [0.25, 0.3) is 5.69 Å². The van der Waals surface area contributed by atoms with Crippen LogP contribution in [0.1, 0.15) is 32.6 Å². The van der Waals surface area contributed by atoms with Gasteiger partial charge in [0.25, 0.3) is 0 Å². The number of rotatable bonds is 5. The van der Waals surface area contributed by atoms with Crippen molar-refractivity contribution in [2.24, 2.45) is 0 Å². The van der Waals surface area contributed by atoms with E-state index in [1.807, 2.05) is 16.9 Å². The van der Waals surface area contributed by atoms with E-state index in [-0.39, 0.29) is 0 Å². The van der Waals surface area contributed by atoms with E-state index in [1.165, 1.54) is 6.42 Å². The largest absolute Gasteiger partial charge is 0.382 e. The molecule has 0 spiro atoms. The predicted octanol–water partition coefficient (Wildman–Crippen LogP) is 3.63. The third-order valence-electron chi connectivity index (χ3n) is 3.96. The van der Waals surface area contributed by atoms with Crippen molar-refractivity contribution in [2.45, 2.75) is 44.8 Å². The second-order valence-corrected chi connectivity index (χ2v) is 5.65. The van der Waals surface area contributed by atoms with Crippen LogP contribution in [-0.4, -0.2) is 28.5 Å². The van der Waals surface area contributed by atoms with E-state index in [2.05, 4.69) is 41.6 Å². The Kier molecular flexibility index (Phi) is 4.55. The van der Waals surface area contributed by atoms with Gasteiger partial charge in [-0.15, -0.1) is 0 Å². The van der Waals surface area contributed by atoms with Crippen LogP contribution in [0, 0.1) is 0 Å². The molecule has 3 rings (SSSR count). The van der Waals surface area contributed by atoms with Crippen LogP contribution in [0.15, 0.2) is 42.7 Å². The second-order valence-electron chi connectivity index (χ2n) is 5.65. The van der Waals surface area contributed by atoms with Gasteiger partial charge in [-0.3, -0.25) is 0 Å². The van der Waals surface area contributed by atoms with Crippen molar-refractivity contribution < 1.29 is 4.74 Å². The fourth-order valence-corrected chi connectivity index (χ4v) is 2.93. The summed E-state index contributed by atoms with van der Waals surface area (Å²) in [7, 11) is 0. The molecule has 0 bridgehead atoms. The first kappa shape index (κ1) is 14.1. The third kappa shape index (κ3) is 3.64. The van der Waals surface area contributed by atoms with Gasteiger partial charge in [0.15, 0.2) is 0 Å². The summed E-state index contributed by atoms with van der Waals surface area (Å²) in [5.41, 5.74) is 2.24. The molecule has 112 valence electrons. The molecule has 1 saturated heterocycles. The van der Waals surface area contributed by atoms with Gasteiger partial charge in [-0.25, -0.2) is 4.68 Å². The Morgan fingerprint density at radius 3 is 3.14 bits per heavy atom. The molecule has 0 amide bonds. The molecule has 0 radical (unpaired) electrons. The van der Waals surface area contributed by atoms with E-state index < -0.39 is 0 Å². The Morgan fingerprint density at radius 2 is 2.33 bits per heavy atom. The summed E-state index contributed by atoms with van der Waals surface area (Å²) in [5.74, 6) is 0. The molecule has 2 heterocycles. The van der Waals surface area contributed by atoms with E-state index in [1.54, 1.807) is 6.20 Å². The zero-order valence-corrected chi connectivity index (χ0v) is 12.5. The van der Waals surface area contributed by atoms with Crippen LogP contribution in [0.4, 0.5) is 5.69 Å². The van der Waals surface area contributed by atoms with Gasteiger partial charge >= 0.3 is 0 Å². The van der Waals surface area contributed by atoms with Crippen LogP contribution < -0.4 is 5.32 Å². The van der Waals surface area contributed by atoms with Gasteiger partial charge in [-0.1, -0.05) is 19.4 Å². The number of nitrogens with zero attached hydrogens (tertiary/aromatic N) is 2. The molecule has 1 aliphatic heterocycles. The number of ether oxygens (including phenoxy) is 1. The van der Waals surface area contributed by atoms with Crippen molar-refractivity contribution in [1.82, 2.24) is 9.78 Å². The molecule has 1 N–H and O–H groups in total. The van der Waals surface area contributed by atoms with Crippen molar-refractivity contribution in [3.05, 3.63) is 42.7 Å². The molecule has 2 atom stereocenters. The fraction of sp³-hybridized carbons (Fsp3) is 0.471. The lowest BCUT2D eigenvalue weighted by Crippen LogP contribution is -2.34. The van der Waals surface area contributed by atoms with Gasteiger partial charge < -0.3 is 10.1 Å². The average molecular weight is 285 g/mol. The standard InChI is InChI=1S/C17H23N3O/c1-2-5-17-13-15(8-11-21-17)19-14-6-3-7-16(12-14)20-10-4-9-18-20/h3-4,6-7,9-10,12,15,17,19H,2,5,8,11,13H2,1H3. The first-order valence-electron chi connectivity index (χ1n) is 7.83. The molecule has 2 aromatic rings. The Balaban J connectivity index is 1.66. The number of hydrogen-bond acceptors (Lipinski definition) is 3. The number of anilines is 1. The van der Waals surface area contributed by atoms with E-state index in [4.69, 9.17) is 4.74 Å². The first-order valence-corrected chi connectivity index (χ1v) is 7.83. The van der Waals surface area contributed by atoms with Crippen LogP contribution in [0.5, 0.6) is 0 Å². The number of nitrogens with one attached hydrogen (secondary N) is 1. The third-order valence-corrected chi connectivity index (χ3v) is 3.96. The maximum Gasteiger partial charge on any atom is 0.0666 e. The van der Waals surface area contributed by atoms with Gasteiger partial charge in [-0.05, 0) is 43.5 Å². The zero-order valence-electron chi connectivity index (χ0n) is 12.5. The molecule has 0 aliphatic carbocycles. The SMILES string of the molecule is CCCC1CC(Nc2cccc(-n3cccn3)c2)CCO1. The average Bonchev–Trinajstić information content (AvgIpc) is 3.03. The molecule has 1 aliphatic rings. The summed E-state index contributed by atoms with van der Waals surface area (Å²) in [6.07, 6.45) is 8.69. The Labute approximate surface area is 126 Å². The lowest BCUT2D eigenvalue weighted by Gasteiger charge is -2.30. The predicted molar refractivity (Wildman–Crippen MR) is 84.9 cm³/mol. The van der Waals surface area contributed by atoms with Crippen molar-refractivity contribution in [3.63, 3.8) is 0 Å². The molecule has 21 heavy (non-hydrogen) atoms. The van der Waals surface area contributed by atoms with Crippen LogP contribution in [-0.2, 0) is 4.74 Å². The summed E-state index contributed by atoms with van der Waals surface area (Å²) in [5, 5.41) is 7.93. The molecule has 1 fully saturated rings. The minimum atomic E-state index is 0.413. The summed E-state index contributed by atoms with van der Waals surface area (Å²) >= 11 is 0. The highest BCUT2D eigenvalue weighted by Gasteiger charge is 2.21. The lowest BCUT2D eigenvalue weighted by molar-refractivity contribution is 0.00598. The van der Waals surface area contributed by atoms with Crippen molar-refractivity contribution >= 4 is 5.69 Å². The molecule has 4 heteroatoms. The monoisotopic (exact) mass is 285 g/mol. The fourth-order valence-electron chi connectivity index (χ4n) is 2.93. The Bertz CT molecular complexity index is 551. The van der Waals surface area contributed by atoms with Gasteiger partial charge in [0.1, 0.15) is 0 Å². The van der Waals surface area contributed by atoms with Gasteiger partial charge in [0.2, 0.25) is 0 Å². The first-order chi connectivity index (χ1) is 10.3. The minimum absolute atomic E-state index is 0.413. The quantitative estimate of drug-likeness (QED) is 0.911. The summed E-state index contributed by atoms with van der Waals surface area (Å²) in [6.45, 7) is 3.08. The number of aromatic nitrogens is 2. The second kappa shape index (κ2) is 6.76.